The number of rotatable bonds is 3. The molecule has 44 heavy (non-hydrogen) atoms. The maximum Gasteiger partial charge on any atom is 0.137 e. The Balaban J connectivity index is 1.24. The van der Waals surface area contributed by atoms with Crippen molar-refractivity contribution in [2.45, 2.75) is 37.5 Å². The van der Waals surface area contributed by atoms with Crippen LogP contribution >= 0.6 is 0 Å². The predicted octanol–water partition coefficient (Wildman–Crippen LogP) is 10.7. The SMILES string of the molecule is N#Cc1ccc(N(c2ccc3c(c2)C2(c4ccccc4-3)C3CC4CC(C3)CC2C4)c2cccc3oc4ccccc4c23)cc1. The molecule has 3 heteroatoms. The molecule has 5 aliphatic carbocycles. The van der Waals surface area contributed by atoms with E-state index >= 15 is 0 Å². The lowest BCUT2D eigenvalue weighted by Gasteiger charge is -2.61. The molecule has 3 nitrogen and oxygen atoms in total. The minimum Gasteiger partial charge on any atom is -0.456 e. The van der Waals surface area contributed by atoms with Crippen molar-refractivity contribution in [1.29, 1.82) is 5.26 Å². The first-order chi connectivity index (χ1) is 21.7. The zero-order chi connectivity index (χ0) is 29.0. The van der Waals surface area contributed by atoms with E-state index in [1.807, 2.05) is 24.3 Å². The second-order valence-corrected chi connectivity index (χ2v) is 13.7. The summed E-state index contributed by atoms with van der Waals surface area (Å²) in [6.07, 6.45) is 6.91. The second kappa shape index (κ2) is 8.87. The molecule has 4 fully saturated rings. The smallest absolute Gasteiger partial charge is 0.137 e. The van der Waals surface area contributed by atoms with Crippen molar-refractivity contribution in [2.24, 2.45) is 23.7 Å². The summed E-state index contributed by atoms with van der Waals surface area (Å²) in [5, 5.41) is 11.8. The Bertz CT molecular complexity index is 2140. The van der Waals surface area contributed by atoms with Gasteiger partial charge < -0.3 is 9.32 Å². The van der Waals surface area contributed by atoms with Crippen LogP contribution in [-0.2, 0) is 5.41 Å². The van der Waals surface area contributed by atoms with Gasteiger partial charge in [-0.3, -0.25) is 0 Å². The van der Waals surface area contributed by atoms with E-state index in [0.717, 1.165) is 50.8 Å². The number of hydrogen-bond donors (Lipinski definition) is 0. The molecule has 6 aromatic rings. The van der Waals surface area contributed by atoms with Crippen LogP contribution in [-0.4, -0.2) is 0 Å². The molecule has 0 unspecified atom stereocenters. The molecule has 1 spiro atoms. The third kappa shape index (κ3) is 3.16. The molecule has 0 saturated heterocycles. The molecule has 11 rings (SSSR count). The summed E-state index contributed by atoms with van der Waals surface area (Å²) in [5.74, 6) is 3.23. The standard InChI is InChI=1S/C41H32N2O/c42-24-25-12-14-30(15-13-25)43(37-9-5-11-39-40(37)34-7-2-4-10-38(34)44-39)31-16-17-33-32-6-1-3-8-35(32)41(36(33)23-31)28-19-26-18-27(21-28)22-29(41)20-26/h1-17,23,26-29H,18-22H2. The van der Waals surface area contributed by atoms with E-state index in [-0.39, 0.29) is 5.41 Å². The summed E-state index contributed by atoms with van der Waals surface area (Å²) < 4.78 is 6.35. The number of fused-ring (bicyclic) bond motifs is 6. The number of furan rings is 1. The molecular weight excluding hydrogens is 536 g/mol. The van der Waals surface area contributed by atoms with Gasteiger partial charge >= 0.3 is 0 Å². The van der Waals surface area contributed by atoms with Crippen LogP contribution in [0, 0.1) is 35.0 Å². The Kier molecular flexibility index (Phi) is 4.96. The van der Waals surface area contributed by atoms with Gasteiger partial charge in [0.15, 0.2) is 0 Å². The van der Waals surface area contributed by atoms with E-state index in [0.29, 0.717) is 17.4 Å². The Morgan fingerprint density at radius 2 is 1.32 bits per heavy atom. The van der Waals surface area contributed by atoms with E-state index in [4.69, 9.17) is 4.42 Å². The van der Waals surface area contributed by atoms with Gasteiger partial charge in [-0.2, -0.15) is 5.26 Å². The van der Waals surface area contributed by atoms with E-state index in [9.17, 15) is 5.26 Å². The summed E-state index contributed by atoms with van der Waals surface area (Å²) in [6.45, 7) is 0. The van der Waals surface area contributed by atoms with Crippen molar-refractivity contribution in [3.63, 3.8) is 0 Å². The summed E-state index contributed by atoms with van der Waals surface area (Å²) in [6, 6.07) is 41.6. The number of para-hydroxylation sites is 1. The van der Waals surface area contributed by atoms with Gasteiger partial charge in [-0.1, -0.05) is 54.6 Å². The maximum atomic E-state index is 9.59. The predicted molar refractivity (Wildman–Crippen MR) is 176 cm³/mol. The lowest BCUT2D eigenvalue weighted by molar-refractivity contribution is -0.0399. The van der Waals surface area contributed by atoms with Gasteiger partial charge in [-0.25, -0.2) is 0 Å². The van der Waals surface area contributed by atoms with Crippen molar-refractivity contribution < 1.29 is 4.42 Å². The molecule has 0 N–H and O–H groups in total. The van der Waals surface area contributed by atoms with Gasteiger partial charge in [0.05, 0.1) is 22.7 Å². The fourth-order valence-corrected chi connectivity index (χ4v) is 10.3. The molecule has 0 atom stereocenters. The lowest BCUT2D eigenvalue weighted by Crippen LogP contribution is -2.55. The van der Waals surface area contributed by atoms with Crippen molar-refractivity contribution in [3.05, 3.63) is 126 Å². The Labute approximate surface area is 257 Å². The van der Waals surface area contributed by atoms with Gasteiger partial charge in [0.25, 0.3) is 0 Å². The van der Waals surface area contributed by atoms with Crippen molar-refractivity contribution in [1.82, 2.24) is 0 Å². The first kappa shape index (κ1) is 24.6. The van der Waals surface area contributed by atoms with Crippen LogP contribution in [0.1, 0.15) is 48.8 Å². The number of nitriles is 1. The molecule has 1 heterocycles. The highest BCUT2D eigenvalue weighted by Crippen LogP contribution is 2.69. The molecular formula is C41H32N2O. The number of benzene rings is 5. The summed E-state index contributed by atoms with van der Waals surface area (Å²) in [4.78, 5) is 2.39. The summed E-state index contributed by atoms with van der Waals surface area (Å²) in [5.41, 5.74) is 11.8. The quantitative estimate of drug-likeness (QED) is 0.213. The first-order valence-electron chi connectivity index (χ1n) is 16.2. The average Bonchev–Trinajstić information content (AvgIpc) is 3.58. The lowest BCUT2D eigenvalue weighted by atomic mass is 9.43. The number of hydrogen-bond acceptors (Lipinski definition) is 3. The van der Waals surface area contributed by atoms with Crippen LogP contribution in [0.4, 0.5) is 17.1 Å². The molecule has 0 radical (unpaired) electrons. The van der Waals surface area contributed by atoms with Crippen LogP contribution < -0.4 is 4.90 Å². The summed E-state index contributed by atoms with van der Waals surface area (Å²) in [7, 11) is 0. The van der Waals surface area contributed by atoms with Gasteiger partial charge in [-0.15, -0.1) is 0 Å². The molecule has 0 amide bonds. The van der Waals surface area contributed by atoms with Crippen LogP contribution in [0.5, 0.6) is 0 Å². The maximum absolute atomic E-state index is 9.59. The fraction of sp³-hybridized carbons (Fsp3) is 0.244. The third-order valence-corrected chi connectivity index (χ3v) is 11.7. The van der Waals surface area contributed by atoms with Gasteiger partial charge in [0, 0.05) is 22.2 Å². The minimum atomic E-state index is 0.0973. The van der Waals surface area contributed by atoms with Crippen LogP contribution in [0.15, 0.2) is 114 Å². The first-order valence-corrected chi connectivity index (χ1v) is 16.2. The van der Waals surface area contributed by atoms with E-state index in [1.54, 1.807) is 5.56 Å². The van der Waals surface area contributed by atoms with Gasteiger partial charge in [-0.05, 0) is 133 Å². The molecule has 5 aliphatic rings. The van der Waals surface area contributed by atoms with E-state index in [2.05, 4.69) is 95.9 Å². The molecule has 1 aromatic heterocycles. The van der Waals surface area contributed by atoms with Crippen LogP contribution in [0.3, 0.4) is 0 Å². The molecule has 5 aromatic carbocycles. The van der Waals surface area contributed by atoms with Crippen molar-refractivity contribution >= 4 is 39.0 Å². The second-order valence-electron chi connectivity index (χ2n) is 13.7. The largest absolute Gasteiger partial charge is 0.456 e. The van der Waals surface area contributed by atoms with Crippen LogP contribution in [0.2, 0.25) is 0 Å². The molecule has 4 bridgehead atoms. The Morgan fingerprint density at radius 3 is 2.11 bits per heavy atom. The topological polar surface area (TPSA) is 40.2 Å². The highest BCUT2D eigenvalue weighted by atomic mass is 16.3. The summed E-state index contributed by atoms with van der Waals surface area (Å²) >= 11 is 0. The molecule has 212 valence electrons. The normalized spacial score (nSPS) is 25.8. The molecule has 4 saturated carbocycles. The van der Waals surface area contributed by atoms with Gasteiger partial charge in [0.1, 0.15) is 11.2 Å². The average molecular weight is 569 g/mol. The Hall–Kier alpha value is -4.81. The van der Waals surface area contributed by atoms with Crippen LogP contribution in [0.25, 0.3) is 33.1 Å². The molecule has 0 aliphatic heterocycles. The van der Waals surface area contributed by atoms with Crippen molar-refractivity contribution in [2.75, 3.05) is 4.90 Å². The van der Waals surface area contributed by atoms with Crippen molar-refractivity contribution in [3.8, 4) is 17.2 Å². The highest BCUT2D eigenvalue weighted by molar-refractivity contribution is 6.13. The number of anilines is 3. The van der Waals surface area contributed by atoms with E-state index < -0.39 is 0 Å². The van der Waals surface area contributed by atoms with E-state index in [1.165, 1.54) is 48.8 Å². The zero-order valence-corrected chi connectivity index (χ0v) is 24.5. The number of nitrogens with zero attached hydrogens (tertiary/aromatic N) is 2. The minimum absolute atomic E-state index is 0.0973. The zero-order valence-electron chi connectivity index (χ0n) is 24.5. The fourth-order valence-electron chi connectivity index (χ4n) is 10.3. The third-order valence-electron chi connectivity index (χ3n) is 11.7. The highest BCUT2D eigenvalue weighted by Gasteiger charge is 2.61. The Morgan fingerprint density at radius 1 is 0.636 bits per heavy atom. The van der Waals surface area contributed by atoms with Gasteiger partial charge in [0.2, 0.25) is 0 Å². The monoisotopic (exact) mass is 568 g/mol.